The van der Waals surface area contributed by atoms with E-state index in [1.54, 1.807) is 18.2 Å². The van der Waals surface area contributed by atoms with Gasteiger partial charge in [0.1, 0.15) is 43.4 Å². The zero-order valence-corrected chi connectivity index (χ0v) is 21.5. The van der Waals surface area contributed by atoms with Crippen LogP contribution in [0.2, 0.25) is 15.1 Å². The monoisotopic (exact) mass is 538 g/mol. The van der Waals surface area contributed by atoms with E-state index < -0.39 is 0 Å². The lowest BCUT2D eigenvalue weighted by Crippen LogP contribution is -2.36. The maximum absolute atomic E-state index is 9.04. The van der Waals surface area contributed by atoms with Gasteiger partial charge >= 0.3 is 0 Å². The van der Waals surface area contributed by atoms with Crippen LogP contribution in [0.4, 0.5) is 0 Å². The largest absolute Gasteiger partial charge is 0.486 e. The van der Waals surface area contributed by atoms with E-state index >= 15 is 0 Å². The summed E-state index contributed by atoms with van der Waals surface area (Å²) in [5.74, 6) is 0.901. The summed E-state index contributed by atoms with van der Waals surface area (Å²) in [6.07, 6.45) is 6.65. The highest BCUT2D eigenvalue weighted by Crippen LogP contribution is 2.32. The number of hydrogen-bond acceptors (Lipinski definition) is 3. The van der Waals surface area contributed by atoms with Crippen molar-refractivity contribution in [3.63, 3.8) is 0 Å². The van der Waals surface area contributed by atoms with Crippen molar-refractivity contribution < 1.29 is 14.0 Å². The van der Waals surface area contributed by atoms with Crippen LogP contribution in [0.3, 0.4) is 0 Å². The van der Waals surface area contributed by atoms with Gasteiger partial charge in [-0.2, -0.15) is 5.26 Å². The smallest absolute Gasteiger partial charge is 0.243 e. The van der Waals surface area contributed by atoms with Crippen molar-refractivity contribution >= 4 is 34.8 Å². The van der Waals surface area contributed by atoms with Crippen molar-refractivity contribution in [2.75, 3.05) is 0 Å². The Labute approximate surface area is 225 Å². The number of halogens is 3. The molecule has 0 saturated heterocycles. The zero-order chi connectivity index (χ0) is 25.1. The first-order valence-electron chi connectivity index (χ1n) is 11.5. The molecule has 8 heteroatoms. The molecule has 0 amide bonds. The summed E-state index contributed by atoms with van der Waals surface area (Å²) < 4.78 is 16.6. The van der Waals surface area contributed by atoms with Crippen LogP contribution in [-0.4, -0.2) is 10.7 Å². The molecule has 36 heavy (non-hydrogen) atoms. The van der Waals surface area contributed by atoms with Crippen LogP contribution in [0, 0.1) is 11.3 Å². The molecule has 5 nitrogen and oxygen atoms in total. The van der Waals surface area contributed by atoms with Gasteiger partial charge in [-0.05, 0) is 53.6 Å². The minimum atomic E-state index is -0.305. The molecule has 1 aromatic heterocycles. The number of hydrogen-bond donors (Lipinski definition) is 0. The summed E-state index contributed by atoms with van der Waals surface area (Å²) in [5.41, 5.74) is 3.60. The van der Waals surface area contributed by atoms with E-state index in [1.165, 1.54) is 0 Å². The summed E-state index contributed by atoms with van der Waals surface area (Å²) >= 11 is 18.8. The van der Waals surface area contributed by atoms with Gasteiger partial charge in [0.2, 0.25) is 6.33 Å². The molecule has 2 unspecified atom stereocenters. The Balaban J connectivity index is 1.28. The molecular formula is C28H23Cl3N3O2+. The molecular weight excluding hydrogens is 517 g/mol. The highest BCUT2D eigenvalue weighted by atomic mass is 35.5. The molecule has 0 N–H and O–H groups in total. The fourth-order valence-corrected chi connectivity index (χ4v) is 5.07. The van der Waals surface area contributed by atoms with E-state index in [2.05, 4.69) is 15.2 Å². The fourth-order valence-electron chi connectivity index (χ4n) is 4.35. The van der Waals surface area contributed by atoms with E-state index in [9.17, 15) is 0 Å². The van der Waals surface area contributed by atoms with E-state index in [0.29, 0.717) is 28.8 Å². The lowest BCUT2D eigenvalue weighted by molar-refractivity contribution is -0.705. The fraction of sp³-hybridized carbons (Fsp3) is 0.214. The second-order valence-corrected chi connectivity index (χ2v) is 10.1. The summed E-state index contributed by atoms with van der Waals surface area (Å²) in [6, 6.07) is 20.7. The average Bonchev–Trinajstić information content (AvgIpc) is 3.48. The number of nitrogens with zero attached hydrogens (tertiary/aromatic N) is 3. The SMILES string of the molecule is N#Cc1ccc(COC(C[n+]2ccn(CC3Cc4cc(Cl)ccc4O3)c2)c2ccc(Cl)cc2Cl)cc1. The number of fused-ring (bicyclic) bond motifs is 1. The molecule has 0 aliphatic carbocycles. The topological polar surface area (TPSA) is 51.1 Å². The number of aromatic nitrogens is 2. The molecule has 0 fully saturated rings. The maximum Gasteiger partial charge on any atom is 0.243 e. The van der Waals surface area contributed by atoms with Crippen LogP contribution in [-0.2, 0) is 30.9 Å². The standard InChI is InChI=1S/C28H23Cl3N3O2/c29-22-6-8-27-21(11-22)12-24(36-27)15-33-9-10-34(18-33)16-28(25-7-5-23(30)13-26(25)31)35-17-20-3-1-19(14-32)2-4-20/h1-11,13,18,24,28H,12,15-17H2/q+1. The quantitative estimate of drug-likeness (QED) is 0.238. The predicted octanol–water partition coefficient (Wildman–Crippen LogP) is 6.57. The third-order valence-electron chi connectivity index (χ3n) is 6.14. The molecule has 4 aromatic rings. The van der Waals surface area contributed by atoms with Crippen LogP contribution in [0.25, 0.3) is 0 Å². The van der Waals surface area contributed by atoms with E-state index in [4.69, 9.17) is 49.5 Å². The summed E-state index contributed by atoms with van der Waals surface area (Å²) in [7, 11) is 0. The molecule has 0 spiro atoms. The van der Waals surface area contributed by atoms with Gasteiger partial charge in [0, 0.05) is 27.1 Å². The number of imidazole rings is 1. The molecule has 3 aromatic carbocycles. The van der Waals surface area contributed by atoms with Crippen molar-refractivity contribution in [1.82, 2.24) is 4.57 Å². The van der Waals surface area contributed by atoms with Gasteiger partial charge in [-0.3, -0.25) is 0 Å². The zero-order valence-electron chi connectivity index (χ0n) is 19.3. The summed E-state index contributed by atoms with van der Waals surface area (Å²) in [5, 5.41) is 10.9. The van der Waals surface area contributed by atoms with Gasteiger partial charge in [-0.15, -0.1) is 0 Å². The molecule has 1 aliphatic rings. The lowest BCUT2D eigenvalue weighted by Gasteiger charge is -2.18. The average molecular weight is 540 g/mol. The van der Waals surface area contributed by atoms with E-state index in [1.807, 2.05) is 61.2 Å². The highest BCUT2D eigenvalue weighted by molar-refractivity contribution is 6.35. The van der Waals surface area contributed by atoms with Crippen LogP contribution in [0.15, 0.2) is 79.4 Å². The second-order valence-electron chi connectivity index (χ2n) is 8.78. The van der Waals surface area contributed by atoms with Crippen molar-refractivity contribution in [1.29, 1.82) is 5.26 Å². The van der Waals surface area contributed by atoms with E-state index in [-0.39, 0.29) is 12.2 Å². The molecule has 2 atom stereocenters. The van der Waals surface area contributed by atoms with Crippen LogP contribution in [0.5, 0.6) is 5.75 Å². The highest BCUT2D eigenvalue weighted by Gasteiger charge is 2.26. The summed E-state index contributed by atoms with van der Waals surface area (Å²) in [4.78, 5) is 0. The van der Waals surface area contributed by atoms with Gasteiger partial charge in [0.15, 0.2) is 0 Å². The van der Waals surface area contributed by atoms with Gasteiger partial charge in [-0.25, -0.2) is 9.13 Å². The Bertz CT molecular complexity index is 1410. The van der Waals surface area contributed by atoms with Gasteiger partial charge in [0.05, 0.1) is 18.2 Å². The third kappa shape index (κ3) is 5.86. The minimum Gasteiger partial charge on any atom is -0.486 e. The van der Waals surface area contributed by atoms with E-state index in [0.717, 1.165) is 40.4 Å². The predicted molar refractivity (Wildman–Crippen MR) is 139 cm³/mol. The molecule has 0 bridgehead atoms. The first kappa shape index (κ1) is 24.7. The molecule has 1 aliphatic heterocycles. The Kier molecular flexibility index (Phi) is 7.50. The van der Waals surface area contributed by atoms with Crippen LogP contribution < -0.4 is 9.30 Å². The van der Waals surface area contributed by atoms with Gasteiger partial charge < -0.3 is 9.47 Å². The Hall–Kier alpha value is -3.01. The number of benzene rings is 3. The molecule has 182 valence electrons. The third-order valence-corrected chi connectivity index (χ3v) is 6.94. The van der Waals surface area contributed by atoms with Crippen LogP contribution >= 0.6 is 34.8 Å². The van der Waals surface area contributed by atoms with Gasteiger partial charge in [-0.1, -0.05) is 53.0 Å². The first-order chi connectivity index (χ1) is 17.5. The van der Waals surface area contributed by atoms with Crippen molar-refractivity contribution in [2.24, 2.45) is 0 Å². The molecule has 2 heterocycles. The Morgan fingerprint density at radius 2 is 1.83 bits per heavy atom. The lowest BCUT2D eigenvalue weighted by atomic mass is 10.1. The first-order valence-corrected chi connectivity index (χ1v) is 12.7. The number of ether oxygens (including phenoxy) is 2. The molecule has 5 rings (SSSR count). The summed E-state index contributed by atoms with van der Waals surface area (Å²) in [6.45, 7) is 1.66. The maximum atomic E-state index is 9.04. The Morgan fingerprint density at radius 1 is 1.06 bits per heavy atom. The van der Waals surface area contributed by atoms with Crippen molar-refractivity contribution in [3.8, 4) is 11.8 Å². The number of nitriles is 1. The molecule has 0 radical (unpaired) electrons. The minimum absolute atomic E-state index is 0.0495. The van der Waals surface area contributed by atoms with Crippen molar-refractivity contribution in [2.45, 2.75) is 38.3 Å². The van der Waals surface area contributed by atoms with Gasteiger partial charge in [0.25, 0.3) is 0 Å². The second kappa shape index (κ2) is 10.9. The number of rotatable bonds is 8. The van der Waals surface area contributed by atoms with Crippen molar-refractivity contribution in [3.05, 3.63) is 117 Å². The van der Waals surface area contributed by atoms with Crippen LogP contribution in [0.1, 0.15) is 28.4 Å². The normalized spacial score (nSPS) is 15.2. The Morgan fingerprint density at radius 3 is 2.61 bits per heavy atom. The molecule has 0 saturated carbocycles.